The number of nitrogens with zero attached hydrogens (tertiary/aromatic N) is 4. The van der Waals surface area contributed by atoms with Gasteiger partial charge in [-0.2, -0.15) is 31.4 Å². The van der Waals surface area contributed by atoms with Gasteiger partial charge in [-0.3, -0.25) is 9.58 Å². The summed E-state index contributed by atoms with van der Waals surface area (Å²) in [4.78, 5) is 15.2. The average Bonchev–Trinajstić information content (AvgIpc) is 3.44. The molecule has 1 aromatic heterocycles. The molecule has 6 nitrogen and oxygen atoms in total. The maximum absolute atomic E-state index is 12.7. The maximum atomic E-state index is 12.7. The first-order valence-electron chi connectivity index (χ1n) is 11.4. The van der Waals surface area contributed by atoms with Gasteiger partial charge in [-0.25, -0.2) is 4.79 Å². The van der Waals surface area contributed by atoms with E-state index < -0.39 is 24.5 Å². The van der Waals surface area contributed by atoms with E-state index >= 15 is 0 Å². The number of carbonyl (C=O) groups excluding carboxylic acids is 1. The zero-order valence-electron chi connectivity index (χ0n) is 19.5. The third-order valence-electron chi connectivity index (χ3n) is 6.49. The van der Waals surface area contributed by atoms with Crippen LogP contribution in [-0.4, -0.2) is 70.3 Å². The Kier molecular flexibility index (Phi) is 7.22. The predicted molar refractivity (Wildman–Crippen MR) is 119 cm³/mol. The number of carbonyl (C=O) groups is 1. The summed E-state index contributed by atoms with van der Waals surface area (Å²) >= 11 is 6.40. The van der Waals surface area contributed by atoms with Gasteiger partial charge in [-0.1, -0.05) is 29.8 Å². The molecule has 198 valence electrons. The third kappa shape index (κ3) is 5.59. The molecule has 0 bridgehead atoms. The number of hydrogen-bond donors (Lipinski definition) is 0. The highest BCUT2D eigenvalue weighted by Gasteiger charge is 2.60. The van der Waals surface area contributed by atoms with Crippen molar-refractivity contribution in [3.63, 3.8) is 0 Å². The van der Waals surface area contributed by atoms with Crippen molar-refractivity contribution in [2.45, 2.75) is 44.9 Å². The number of ether oxygens (including phenoxy) is 1. The summed E-state index contributed by atoms with van der Waals surface area (Å²) in [7, 11) is 0. The van der Waals surface area contributed by atoms with Crippen LogP contribution in [0.5, 0.6) is 0 Å². The van der Waals surface area contributed by atoms with Crippen LogP contribution in [0.2, 0.25) is 5.02 Å². The molecule has 4 rings (SSSR count). The summed E-state index contributed by atoms with van der Waals surface area (Å²) in [5, 5.41) is 5.28. The van der Waals surface area contributed by atoms with Crippen LogP contribution >= 0.6 is 11.6 Å². The molecule has 0 aliphatic carbocycles. The van der Waals surface area contributed by atoms with Crippen molar-refractivity contribution in [2.75, 3.05) is 26.2 Å². The molecule has 0 saturated carbocycles. The van der Waals surface area contributed by atoms with Crippen LogP contribution in [0.25, 0.3) is 11.3 Å². The van der Waals surface area contributed by atoms with Gasteiger partial charge >= 0.3 is 18.4 Å². The molecule has 2 saturated heterocycles. The molecule has 1 aromatic carbocycles. The topological polar surface area (TPSA) is 50.6 Å². The summed E-state index contributed by atoms with van der Waals surface area (Å²) < 4.78 is 82.2. The largest absolute Gasteiger partial charge is 0.434 e. The minimum Gasteiger partial charge on any atom is -0.426 e. The molecule has 3 heterocycles. The molecular weight excluding hydrogens is 514 g/mol. The van der Waals surface area contributed by atoms with Gasteiger partial charge in [-0.15, -0.1) is 0 Å². The van der Waals surface area contributed by atoms with Gasteiger partial charge in [0.05, 0.1) is 10.7 Å². The number of rotatable bonds is 5. The van der Waals surface area contributed by atoms with Gasteiger partial charge < -0.3 is 9.64 Å². The SMILES string of the molecule is CC(C)n1cc(CN2CC3CN(C(=O)OC(C(F)(F)F)C(F)(F)F)CC3C2)c(-c2ccccc2Cl)n1. The molecule has 2 aliphatic heterocycles. The predicted octanol–water partition coefficient (Wildman–Crippen LogP) is 5.78. The third-order valence-corrected chi connectivity index (χ3v) is 6.82. The number of alkyl halides is 6. The van der Waals surface area contributed by atoms with E-state index in [-0.39, 0.29) is 31.0 Å². The Morgan fingerprint density at radius 2 is 1.64 bits per heavy atom. The van der Waals surface area contributed by atoms with Crippen LogP contribution in [-0.2, 0) is 11.3 Å². The van der Waals surface area contributed by atoms with Crippen molar-refractivity contribution >= 4 is 17.7 Å². The quantitative estimate of drug-likeness (QED) is 0.453. The number of benzene rings is 1. The Morgan fingerprint density at radius 1 is 1.06 bits per heavy atom. The fourth-order valence-corrected chi connectivity index (χ4v) is 5.02. The van der Waals surface area contributed by atoms with E-state index in [9.17, 15) is 31.1 Å². The summed E-state index contributed by atoms with van der Waals surface area (Å²) in [6.45, 7) is 5.67. The zero-order chi connectivity index (χ0) is 26.4. The Bertz CT molecular complexity index is 1080. The molecule has 2 aromatic rings. The Labute approximate surface area is 208 Å². The molecule has 36 heavy (non-hydrogen) atoms. The number of likely N-dealkylation sites (tertiary alicyclic amines) is 2. The van der Waals surface area contributed by atoms with E-state index in [1.165, 1.54) is 0 Å². The van der Waals surface area contributed by atoms with E-state index in [2.05, 4.69) is 9.64 Å². The Hall–Kier alpha value is -2.47. The van der Waals surface area contributed by atoms with Gasteiger partial charge in [0.1, 0.15) is 0 Å². The smallest absolute Gasteiger partial charge is 0.426 e. The highest BCUT2D eigenvalue weighted by molar-refractivity contribution is 6.33. The first-order chi connectivity index (χ1) is 16.7. The van der Waals surface area contributed by atoms with Crippen LogP contribution in [0.3, 0.4) is 0 Å². The normalized spacial score (nSPS) is 21.0. The second-order valence-electron chi connectivity index (χ2n) is 9.52. The van der Waals surface area contributed by atoms with Crippen LogP contribution in [0, 0.1) is 11.8 Å². The molecule has 13 heteroatoms. The van der Waals surface area contributed by atoms with Crippen LogP contribution < -0.4 is 0 Å². The lowest BCUT2D eigenvalue weighted by Gasteiger charge is -2.26. The summed E-state index contributed by atoms with van der Waals surface area (Å²) in [5.41, 5.74) is 2.50. The van der Waals surface area contributed by atoms with Crippen molar-refractivity contribution in [1.82, 2.24) is 19.6 Å². The fourth-order valence-electron chi connectivity index (χ4n) is 4.79. The van der Waals surface area contributed by atoms with Gasteiger partial charge in [0.15, 0.2) is 0 Å². The lowest BCUT2D eigenvalue weighted by Crippen LogP contribution is -2.48. The Morgan fingerprint density at radius 3 is 2.17 bits per heavy atom. The van der Waals surface area contributed by atoms with Crippen molar-refractivity contribution in [2.24, 2.45) is 11.8 Å². The minimum atomic E-state index is -5.74. The number of amides is 1. The molecule has 0 spiro atoms. The van der Waals surface area contributed by atoms with Crippen LogP contribution in [0.4, 0.5) is 31.1 Å². The Balaban J connectivity index is 1.42. The molecule has 1 amide bonds. The number of fused-ring (bicyclic) bond motifs is 1. The molecule has 2 unspecified atom stereocenters. The van der Waals surface area contributed by atoms with Crippen molar-refractivity contribution in [3.05, 3.63) is 41.0 Å². The van der Waals surface area contributed by atoms with Gasteiger partial charge in [0.25, 0.3) is 6.10 Å². The fraction of sp³-hybridized carbons (Fsp3) is 0.565. The first kappa shape index (κ1) is 26.6. The lowest BCUT2D eigenvalue weighted by atomic mass is 10.0. The average molecular weight is 539 g/mol. The van der Waals surface area contributed by atoms with E-state index in [4.69, 9.17) is 16.7 Å². The number of hydrogen-bond acceptors (Lipinski definition) is 4. The lowest BCUT2D eigenvalue weighted by molar-refractivity contribution is -0.308. The van der Waals surface area contributed by atoms with Crippen molar-refractivity contribution < 1.29 is 35.9 Å². The standard InChI is InChI=1S/C23H25ClF6N4O2/c1-13(2)34-12-16(19(31-34)17-5-3-4-6-18(17)24)9-32-7-14-10-33(11-15(14)8-32)21(35)36-20(22(25,26)27)23(28,29)30/h3-6,12-15,20H,7-11H2,1-2H3. The summed E-state index contributed by atoms with van der Waals surface area (Å²) in [5.74, 6) is -0.173. The van der Waals surface area contributed by atoms with E-state index in [0.717, 1.165) is 21.7 Å². The molecule has 2 atom stereocenters. The maximum Gasteiger partial charge on any atom is 0.434 e. The van der Waals surface area contributed by atoms with Crippen molar-refractivity contribution in [3.8, 4) is 11.3 Å². The summed E-state index contributed by atoms with van der Waals surface area (Å²) in [6, 6.07) is 7.49. The first-order valence-corrected chi connectivity index (χ1v) is 11.8. The molecule has 2 aliphatic rings. The van der Waals surface area contributed by atoms with Gasteiger partial charge in [-0.05, 0) is 31.7 Å². The second-order valence-corrected chi connectivity index (χ2v) is 9.93. The zero-order valence-corrected chi connectivity index (χ0v) is 20.2. The van der Waals surface area contributed by atoms with E-state index in [1.54, 1.807) is 6.07 Å². The number of halogens is 7. The summed E-state index contributed by atoms with van der Waals surface area (Å²) in [6.07, 6.45) is -15.3. The van der Waals surface area contributed by atoms with E-state index in [1.807, 2.05) is 42.9 Å². The van der Waals surface area contributed by atoms with Gasteiger partial charge in [0.2, 0.25) is 0 Å². The number of aromatic nitrogens is 2. The van der Waals surface area contributed by atoms with Crippen LogP contribution in [0.15, 0.2) is 30.5 Å². The highest BCUT2D eigenvalue weighted by Crippen LogP contribution is 2.38. The van der Waals surface area contributed by atoms with E-state index in [0.29, 0.717) is 24.7 Å². The van der Waals surface area contributed by atoms with Crippen LogP contribution in [0.1, 0.15) is 25.5 Å². The highest BCUT2D eigenvalue weighted by atomic mass is 35.5. The van der Waals surface area contributed by atoms with Crippen molar-refractivity contribution in [1.29, 1.82) is 0 Å². The molecule has 0 radical (unpaired) electrons. The monoisotopic (exact) mass is 538 g/mol. The second kappa shape index (κ2) is 9.77. The molecular formula is C23H25ClF6N4O2. The molecule has 2 fully saturated rings. The minimum absolute atomic E-state index is 0.0328. The van der Waals surface area contributed by atoms with Gasteiger partial charge in [0, 0.05) is 56.1 Å². The molecule has 0 N–H and O–H groups in total.